The number of thioether (sulfide) groups is 1. The van der Waals surface area contributed by atoms with E-state index in [1.807, 2.05) is 26.0 Å². The van der Waals surface area contributed by atoms with Gasteiger partial charge in [-0.2, -0.15) is 5.10 Å². The molecule has 5 nitrogen and oxygen atoms in total. The predicted octanol–water partition coefficient (Wildman–Crippen LogP) is 2.59. The number of aromatic hydroxyl groups is 1. The number of hydrogen-bond acceptors (Lipinski definition) is 4. The number of phenols is 1. The summed E-state index contributed by atoms with van der Waals surface area (Å²) in [7, 11) is 0. The predicted molar refractivity (Wildman–Crippen MR) is 79.0 cm³/mol. The van der Waals surface area contributed by atoms with Gasteiger partial charge in [0.1, 0.15) is 5.75 Å². The number of rotatable bonds is 1. The van der Waals surface area contributed by atoms with Crippen molar-refractivity contribution in [3.05, 3.63) is 41.1 Å². The maximum atomic E-state index is 12.0. The highest BCUT2D eigenvalue weighted by molar-refractivity contribution is 8.01. The van der Waals surface area contributed by atoms with Gasteiger partial charge in [-0.25, -0.2) is 0 Å². The van der Waals surface area contributed by atoms with Gasteiger partial charge < -0.3 is 10.4 Å². The number of carbonyl (C=O) groups is 1. The third kappa shape index (κ3) is 2.16. The second-order valence-electron chi connectivity index (χ2n) is 4.85. The van der Waals surface area contributed by atoms with Gasteiger partial charge in [0.15, 0.2) is 5.82 Å². The molecule has 0 bridgehead atoms. The second-order valence-corrected chi connectivity index (χ2v) is 6.30. The van der Waals surface area contributed by atoms with Crippen LogP contribution < -0.4 is 5.32 Å². The average molecular weight is 289 g/mol. The summed E-state index contributed by atoms with van der Waals surface area (Å²) in [5.74, 6) is 0.755. The minimum atomic E-state index is -0.184. The number of fused-ring (bicyclic) bond motifs is 1. The Bertz CT molecular complexity index is 668. The molecule has 1 aliphatic heterocycles. The summed E-state index contributed by atoms with van der Waals surface area (Å²) in [6, 6.07) is 7.14. The fraction of sp³-hybridized carbons (Fsp3) is 0.286. The molecule has 2 aromatic rings. The number of amides is 1. The van der Waals surface area contributed by atoms with Gasteiger partial charge >= 0.3 is 0 Å². The van der Waals surface area contributed by atoms with Crippen molar-refractivity contribution < 1.29 is 9.90 Å². The quantitative estimate of drug-likeness (QED) is 0.754. The molecule has 1 amide bonds. The van der Waals surface area contributed by atoms with E-state index in [9.17, 15) is 9.90 Å². The number of H-pyrrole nitrogens is 1. The van der Waals surface area contributed by atoms with E-state index in [0.717, 1.165) is 16.8 Å². The van der Waals surface area contributed by atoms with Gasteiger partial charge in [-0.3, -0.25) is 9.89 Å². The van der Waals surface area contributed by atoms with Crippen LogP contribution in [-0.4, -0.2) is 26.5 Å². The molecule has 0 aliphatic carbocycles. The first kappa shape index (κ1) is 13.1. The molecule has 1 aromatic carbocycles. The van der Waals surface area contributed by atoms with Gasteiger partial charge in [0, 0.05) is 11.3 Å². The number of carbonyl (C=O) groups excluding carboxylic acids is 1. The summed E-state index contributed by atoms with van der Waals surface area (Å²) in [5.41, 5.74) is 2.86. The smallest absolute Gasteiger partial charge is 0.238 e. The van der Waals surface area contributed by atoms with Crippen LogP contribution in [0.15, 0.2) is 24.3 Å². The van der Waals surface area contributed by atoms with Crippen molar-refractivity contribution >= 4 is 23.5 Å². The van der Waals surface area contributed by atoms with Crippen molar-refractivity contribution in [3.8, 4) is 5.75 Å². The largest absolute Gasteiger partial charge is 0.508 e. The SMILES string of the molecule is Cc1[nH]nc2c1C(c1cccc(O)c1)SC(C)C(=O)N2. The Labute approximate surface area is 120 Å². The number of hydrogen-bond donors (Lipinski definition) is 3. The summed E-state index contributed by atoms with van der Waals surface area (Å²) in [6.45, 7) is 3.81. The van der Waals surface area contributed by atoms with Gasteiger partial charge in [0.05, 0.1) is 10.5 Å². The highest BCUT2D eigenvalue weighted by Crippen LogP contribution is 2.45. The topological polar surface area (TPSA) is 78.0 Å². The Kier molecular flexibility index (Phi) is 3.17. The van der Waals surface area contributed by atoms with E-state index < -0.39 is 0 Å². The molecule has 6 heteroatoms. The highest BCUT2D eigenvalue weighted by Gasteiger charge is 2.32. The Balaban J connectivity index is 2.13. The van der Waals surface area contributed by atoms with Crippen molar-refractivity contribution in [1.82, 2.24) is 10.2 Å². The van der Waals surface area contributed by atoms with Gasteiger partial charge in [0.25, 0.3) is 0 Å². The van der Waals surface area contributed by atoms with Crippen molar-refractivity contribution in [2.24, 2.45) is 0 Å². The molecule has 2 atom stereocenters. The molecular formula is C14H15N3O2S. The van der Waals surface area contributed by atoms with Gasteiger partial charge in [0.2, 0.25) is 5.91 Å². The molecule has 3 N–H and O–H groups in total. The molecule has 0 saturated carbocycles. The van der Waals surface area contributed by atoms with Crippen LogP contribution in [0, 0.1) is 6.92 Å². The zero-order valence-electron chi connectivity index (χ0n) is 11.2. The Hall–Kier alpha value is -1.95. The zero-order valence-corrected chi connectivity index (χ0v) is 12.0. The van der Waals surface area contributed by atoms with Gasteiger partial charge in [-0.15, -0.1) is 11.8 Å². The second kappa shape index (κ2) is 4.86. The average Bonchev–Trinajstić information content (AvgIpc) is 2.70. The van der Waals surface area contributed by atoms with E-state index in [1.165, 1.54) is 0 Å². The van der Waals surface area contributed by atoms with Crippen molar-refractivity contribution in [1.29, 1.82) is 0 Å². The summed E-state index contributed by atoms with van der Waals surface area (Å²) < 4.78 is 0. The normalized spacial score (nSPS) is 22.0. The van der Waals surface area contributed by atoms with Crippen molar-refractivity contribution in [2.75, 3.05) is 5.32 Å². The van der Waals surface area contributed by atoms with E-state index in [2.05, 4.69) is 15.5 Å². The van der Waals surface area contributed by atoms with Crippen LogP contribution in [0.2, 0.25) is 0 Å². The molecule has 0 radical (unpaired) electrons. The summed E-state index contributed by atoms with van der Waals surface area (Å²) >= 11 is 1.56. The third-order valence-corrected chi connectivity index (χ3v) is 4.78. The minimum absolute atomic E-state index is 0.0372. The molecule has 1 aromatic heterocycles. The summed E-state index contributed by atoms with van der Waals surface area (Å²) in [5, 5.41) is 19.4. The lowest BCUT2D eigenvalue weighted by Gasteiger charge is -2.17. The molecular weight excluding hydrogens is 274 g/mol. The third-order valence-electron chi connectivity index (χ3n) is 3.38. The molecule has 1 aliphatic rings. The van der Waals surface area contributed by atoms with E-state index in [0.29, 0.717) is 5.82 Å². The maximum Gasteiger partial charge on any atom is 0.238 e. The van der Waals surface area contributed by atoms with Crippen LogP contribution in [0.25, 0.3) is 0 Å². The Morgan fingerprint density at radius 3 is 2.95 bits per heavy atom. The fourth-order valence-electron chi connectivity index (χ4n) is 2.34. The Morgan fingerprint density at radius 1 is 1.40 bits per heavy atom. The van der Waals surface area contributed by atoms with Crippen LogP contribution >= 0.6 is 11.8 Å². The number of aromatic amines is 1. The van der Waals surface area contributed by atoms with E-state index >= 15 is 0 Å². The number of phenolic OH excluding ortho intramolecular Hbond substituents is 1. The zero-order chi connectivity index (χ0) is 14.3. The molecule has 0 spiro atoms. The number of anilines is 1. The number of aromatic nitrogens is 2. The van der Waals surface area contributed by atoms with Gasteiger partial charge in [-0.05, 0) is 31.5 Å². The molecule has 2 heterocycles. The Morgan fingerprint density at radius 2 is 2.20 bits per heavy atom. The molecule has 2 unspecified atom stereocenters. The number of nitrogens with zero attached hydrogens (tertiary/aromatic N) is 1. The standard InChI is InChI=1S/C14H15N3O2S/c1-7-11-12(9-4-3-5-10(18)6-9)20-8(2)14(19)15-13(11)17-16-7/h3-6,8,12,18H,1-2H3,(H2,15,16,17,19). The lowest BCUT2D eigenvalue weighted by Crippen LogP contribution is -2.21. The first-order chi connectivity index (χ1) is 9.56. The van der Waals surface area contributed by atoms with Crippen LogP contribution in [0.5, 0.6) is 5.75 Å². The molecule has 20 heavy (non-hydrogen) atoms. The lowest BCUT2D eigenvalue weighted by atomic mass is 10.0. The molecule has 0 fully saturated rings. The summed E-state index contributed by atoms with van der Waals surface area (Å²) in [4.78, 5) is 12.0. The number of benzene rings is 1. The van der Waals surface area contributed by atoms with E-state index in [4.69, 9.17) is 0 Å². The molecule has 0 saturated heterocycles. The van der Waals surface area contributed by atoms with Crippen molar-refractivity contribution in [3.63, 3.8) is 0 Å². The van der Waals surface area contributed by atoms with Crippen LogP contribution in [-0.2, 0) is 4.79 Å². The van der Waals surface area contributed by atoms with Crippen molar-refractivity contribution in [2.45, 2.75) is 24.3 Å². The summed E-state index contributed by atoms with van der Waals surface area (Å²) in [6.07, 6.45) is 0. The van der Waals surface area contributed by atoms with E-state index in [-0.39, 0.29) is 22.2 Å². The first-order valence-corrected chi connectivity index (χ1v) is 7.30. The number of nitrogens with one attached hydrogen (secondary N) is 2. The van der Waals surface area contributed by atoms with Crippen LogP contribution in [0.1, 0.15) is 29.0 Å². The van der Waals surface area contributed by atoms with E-state index in [1.54, 1.807) is 23.9 Å². The molecule has 3 rings (SSSR count). The number of aryl methyl sites for hydroxylation is 1. The first-order valence-electron chi connectivity index (χ1n) is 6.36. The maximum absolute atomic E-state index is 12.0. The molecule has 104 valence electrons. The lowest BCUT2D eigenvalue weighted by molar-refractivity contribution is -0.115. The fourth-order valence-corrected chi connectivity index (χ4v) is 3.66. The monoisotopic (exact) mass is 289 g/mol. The highest BCUT2D eigenvalue weighted by atomic mass is 32.2. The minimum Gasteiger partial charge on any atom is -0.508 e. The van der Waals surface area contributed by atoms with Crippen LogP contribution in [0.3, 0.4) is 0 Å². The van der Waals surface area contributed by atoms with Crippen LogP contribution in [0.4, 0.5) is 5.82 Å². The van der Waals surface area contributed by atoms with Gasteiger partial charge in [-0.1, -0.05) is 12.1 Å².